The van der Waals surface area contributed by atoms with E-state index in [2.05, 4.69) is 134 Å². The van der Waals surface area contributed by atoms with Crippen LogP contribution >= 0.6 is 37.2 Å². The first-order valence-electron chi connectivity index (χ1n) is 13.3. The maximum atomic E-state index is 3.72. The van der Waals surface area contributed by atoms with Crippen LogP contribution in [0.2, 0.25) is 0 Å². The molecule has 0 heterocycles. The van der Waals surface area contributed by atoms with Crippen LogP contribution in [-0.2, 0) is 21.7 Å². The minimum absolute atomic E-state index is 0. The van der Waals surface area contributed by atoms with Gasteiger partial charge in [0, 0.05) is 21.7 Å². The molecule has 0 nitrogen and oxygen atoms in total. The van der Waals surface area contributed by atoms with Crippen LogP contribution in [0.5, 0.6) is 0 Å². The predicted octanol–water partition coefficient (Wildman–Crippen LogP) is 8.80. The molecule has 3 aromatic carbocycles. The third-order valence-corrected chi connectivity index (χ3v) is 12.8. The topological polar surface area (TPSA) is 0 Å². The summed E-state index contributed by atoms with van der Waals surface area (Å²) in [6.45, 7) is 18.5. The molecule has 0 atom stereocenters. The zero-order chi connectivity index (χ0) is 25.3. The van der Waals surface area contributed by atoms with Crippen molar-refractivity contribution in [3.63, 3.8) is 0 Å². The van der Waals surface area contributed by atoms with Crippen LogP contribution in [0, 0.1) is 6.08 Å². The standard InChI is InChI=1S/C34H41Si.3ClH.Ti/c1-23(2)28-12-9-15-31(20-28)35(34-26(7)18-19-27(34)8,32-16-10-13-29(21-32)24(3)4)33-17-11-14-30(22-33)25(5)6;;;;/h9-17,20-25H,18H2,1-8H3;3*1H;/q-1;;;;. The second kappa shape index (κ2) is 15.8. The van der Waals surface area contributed by atoms with E-state index in [0.29, 0.717) is 17.8 Å². The Labute approximate surface area is 272 Å². The second-order valence-electron chi connectivity index (χ2n) is 11.2. The molecular weight excluding hydrogens is 591 g/mol. The number of hydrogen-bond acceptors (Lipinski definition) is 0. The molecule has 0 saturated carbocycles. The summed E-state index contributed by atoms with van der Waals surface area (Å²) in [4.78, 5) is 0. The Morgan fingerprint density at radius 2 is 0.923 bits per heavy atom. The smallest absolute Gasteiger partial charge is 0.0996 e. The summed E-state index contributed by atoms with van der Waals surface area (Å²) in [6.07, 6.45) is 4.66. The molecule has 3 aromatic rings. The molecule has 0 aromatic heterocycles. The molecule has 0 unspecified atom stereocenters. The molecule has 0 amide bonds. The van der Waals surface area contributed by atoms with E-state index in [-0.39, 0.29) is 58.9 Å². The number of hydrogen-bond donors (Lipinski definition) is 0. The Hall–Kier alpha value is -1.06. The first-order valence-corrected chi connectivity index (χ1v) is 15.3. The van der Waals surface area contributed by atoms with Crippen LogP contribution in [0.15, 0.2) is 89.1 Å². The Morgan fingerprint density at radius 3 is 1.18 bits per heavy atom. The molecule has 0 radical (unpaired) electrons. The summed E-state index contributed by atoms with van der Waals surface area (Å²) >= 11 is 0. The van der Waals surface area contributed by atoms with Crippen molar-refractivity contribution in [3.05, 3.63) is 112 Å². The summed E-state index contributed by atoms with van der Waals surface area (Å²) in [6, 6.07) is 28.6. The molecule has 210 valence electrons. The van der Waals surface area contributed by atoms with Gasteiger partial charge in [-0.25, -0.2) is 5.57 Å². The van der Waals surface area contributed by atoms with Gasteiger partial charge in [0.2, 0.25) is 0 Å². The second-order valence-corrected chi connectivity index (χ2v) is 15.0. The fourth-order valence-electron chi connectivity index (χ4n) is 5.69. The minimum Gasteiger partial charge on any atom is -0.269 e. The van der Waals surface area contributed by atoms with E-state index in [4.69, 9.17) is 0 Å². The van der Waals surface area contributed by atoms with Gasteiger partial charge in [-0.3, -0.25) is 6.08 Å². The van der Waals surface area contributed by atoms with Gasteiger partial charge in [-0.05, 0) is 34.4 Å². The summed E-state index contributed by atoms with van der Waals surface area (Å²) in [5, 5.41) is 6.02. The van der Waals surface area contributed by atoms with Crippen molar-refractivity contribution >= 4 is 60.9 Å². The van der Waals surface area contributed by atoms with E-state index in [0.717, 1.165) is 6.42 Å². The van der Waals surface area contributed by atoms with Gasteiger partial charge in [0.05, 0.1) is 8.07 Å². The van der Waals surface area contributed by atoms with Gasteiger partial charge in [-0.15, -0.1) is 43.6 Å². The van der Waals surface area contributed by atoms with Gasteiger partial charge in [0.25, 0.3) is 0 Å². The van der Waals surface area contributed by atoms with E-state index >= 15 is 0 Å². The fraction of sp³-hybridized carbons (Fsp3) is 0.353. The van der Waals surface area contributed by atoms with Crippen molar-refractivity contribution < 1.29 is 21.7 Å². The monoisotopic (exact) mass is 633 g/mol. The van der Waals surface area contributed by atoms with Crippen LogP contribution in [-0.4, -0.2) is 8.07 Å². The molecule has 1 aliphatic carbocycles. The van der Waals surface area contributed by atoms with E-state index in [1.54, 1.807) is 5.20 Å². The summed E-state index contributed by atoms with van der Waals surface area (Å²) in [7, 11) is -2.57. The quantitative estimate of drug-likeness (QED) is 0.138. The van der Waals surface area contributed by atoms with Crippen molar-refractivity contribution in [1.82, 2.24) is 0 Å². The van der Waals surface area contributed by atoms with Gasteiger partial charge in [-0.1, -0.05) is 144 Å². The molecule has 0 bridgehead atoms. The van der Waals surface area contributed by atoms with E-state index in [1.807, 2.05) is 0 Å². The third-order valence-electron chi connectivity index (χ3n) is 7.75. The molecule has 0 spiro atoms. The maximum Gasteiger partial charge on any atom is 0.0996 e. The van der Waals surface area contributed by atoms with E-state index < -0.39 is 8.07 Å². The van der Waals surface area contributed by atoms with Crippen molar-refractivity contribution in [1.29, 1.82) is 0 Å². The summed E-state index contributed by atoms with van der Waals surface area (Å²) in [5.41, 5.74) is 7.08. The van der Waals surface area contributed by atoms with Gasteiger partial charge in [0.1, 0.15) is 0 Å². The molecule has 0 aliphatic heterocycles. The first kappa shape index (κ1) is 37.9. The predicted molar refractivity (Wildman–Crippen MR) is 178 cm³/mol. The third kappa shape index (κ3) is 7.42. The Bertz CT molecular complexity index is 1170. The van der Waals surface area contributed by atoms with Crippen molar-refractivity contribution in [3.8, 4) is 0 Å². The Kier molecular flexibility index (Phi) is 15.4. The molecule has 1 aliphatic rings. The molecule has 0 N–H and O–H groups in total. The molecule has 39 heavy (non-hydrogen) atoms. The number of benzene rings is 3. The molecule has 0 saturated heterocycles. The fourth-order valence-corrected chi connectivity index (χ4v) is 11.1. The van der Waals surface area contributed by atoms with Gasteiger partial charge >= 0.3 is 0 Å². The minimum atomic E-state index is -2.57. The number of halogens is 3. The zero-order valence-electron chi connectivity index (χ0n) is 24.6. The average molecular weight is 635 g/mol. The first-order chi connectivity index (χ1) is 16.7. The Balaban J connectivity index is 0.00000361. The van der Waals surface area contributed by atoms with Crippen molar-refractivity contribution in [2.24, 2.45) is 0 Å². The van der Waals surface area contributed by atoms with Gasteiger partial charge in [0.15, 0.2) is 0 Å². The van der Waals surface area contributed by atoms with Crippen LogP contribution in [0.25, 0.3) is 0 Å². The van der Waals surface area contributed by atoms with Crippen LogP contribution < -0.4 is 15.6 Å². The van der Waals surface area contributed by atoms with Crippen molar-refractivity contribution in [2.75, 3.05) is 0 Å². The normalized spacial score (nSPS) is 12.9. The number of allylic oxidation sites excluding steroid dienone is 4. The maximum absolute atomic E-state index is 3.72. The van der Waals surface area contributed by atoms with Gasteiger partial charge < -0.3 is 0 Å². The Morgan fingerprint density at radius 1 is 0.590 bits per heavy atom. The van der Waals surface area contributed by atoms with Crippen LogP contribution in [0.3, 0.4) is 0 Å². The van der Waals surface area contributed by atoms with Crippen LogP contribution in [0.1, 0.15) is 96.3 Å². The molecule has 5 heteroatoms. The molecule has 0 fully saturated rings. The largest absolute Gasteiger partial charge is 0.269 e. The average Bonchev–Trinajstić information content (AvgIpc) is 3.18. The molecular formula is C34H44Cl3SiTi-. The van der Waals surface area contributed by atoms with Gasteiger partial charge in [-0.2, -0.15) is 10.8 Å². The van der Waals surface area contributed by atoms with Crippen molar-refractivity contribution in [2.45, 2.75) is 79.6 Å². The molecule has 4 rings (SSSR count). The van der Waals surface area contributed by atoms with E-state index in [1.165, 1.54) is 43.4 Å². The van der Waals surface area contributed by atoms with E-state index in [9.17, 15) is 0 Å². The zero-order valence-corrected chi connectivity index (χ0v) is 29.6. The van der Waals surface area contributed by atoms with Crippen LogP contribution in [0.4, 0.5) is 0 Å². The number of rotatable bonds is 7. The SMILES string of the molecule is CC1=[C-]CC(C)=C1[Si](c1cccc(C(C)C)c1)(c1cccc(C(C)C)c1)c1cccc(C(C)C)c1.Cl.Cl.Cl.[Ti]. The summed E-state index contributed by atoms with van der Waals surface area (Å²) < 4.78 is 0. The summed E-state index contributed by atoms with van der Waals surface area (Å²) in [5.74, 6) is 1.48.